The molecule has 1 aliphatic heterocycles. The van der Waals surface area contributed by atoms with Gasteiger partial charge in [0.1, 0.15) is 0 Å². The molecule has 1 fully saturated rings. The van der Waals surface area contributed by atoms with Crippen LogP contribution in [0.15, 0.2) is 22.7 Å². The van der Waals surface area contributed by atoms with Gasteiger partial charge < -0.3 is 15.2 Å². The molecule has 2 rings (SSSR count). The second-order valence-corrected chi connectivity index (χ2v) is 5.89. The molecule has 2 N–H and O–H groups in total. The van der Waals surface area contributed by atoms with E-state index in [2.05, 4.69) is 26.1 Å². The van der Waals surface area contributed by atoms with Crippen molar-refractivity contribution in [2.75, 3.05) is 44.7 Å². The topological polar surface area (TPSA) is 44.7 Å². The summed E-state index contributed by atoms with van der Waals surface area (Å²) in [6.07, 6.45) is -0.419. The quantitative estimate of drug-likeness (QED) is 0.855. The lowest BCUT2D eigenvalue weighted by Crippen LogP contribution is -2.42. The summed E-state index contributed by atoms with van der Waals surface area (Å²) < 4.78 is 6.22. The van der Waals surface area contributed by atoms with Gasteiger partial charge in [-0.15, -0.1) is 0 Å². The zero-order valence-electron chi connectivity index (χ0n) is 10.6. The standard InChI is InChI=1S/C13H18BrClN2O2/c14-10-1-2-13(12(15)7-10)16-8-11(18)9-17-3-5-19-6-4-17/h1-2,7,11,16,18H,3-6,8-9H2. The summed E-state index contributed by atoms with van der Waals surface area (Å²) in [7, 11) is 0. The number of halogens is 2. The molecular formula is C13H18BrClN2O2. The molecule has 4 nitrogen and oxygen atoms in total. The number of hydrogen-bond donors (Lipinski definition) is 2. The molecule has 1 aliphatic rings. The fraction of sp³-hybridized carbons (Fsp3) is 0.538. The number of aliphatic hydroxyl groups is 1. The highest BCUT2D eigenvalue weighted by atomic mass is 79.9. The summed E-state index contributed by atoms with van der Waals surface area (Å²) in [6.45, 7) is 4.41. The van der Waals surface area contributed by atoms with Crippen LogP contribution >= 0.6 is 27.5 Å². The van der Waals surface area contributed by atoms with Gasteiger partial charge in [-0.1, -0.05) is 27.5 Å². The Morgan fingerprint density at radius 3 is 2.84 bits per heavy atom. The van der Waals surface area contributed by atoms with E-state index >= 15 is 0 Å². The van der Waals surface area contributed by atoms with Gasteiger partial charge in [-0.05, 0) is 18.2 Å². The highest BCUT2D eigenvalue weighted by Crippen LogP contribution is 2.25. The Labute approximate surface area is 126 Å². The number of β-amino-alcohol motifs (C(OH)–C–C–N with tert-alkyl or cyclic N) is 1. The fourth-order valence-electron chi connectivity index (χ4n) is 2.01. The van der Waals surface area contributed by atoms with Crippen molar-refractivity contribution in [3.05, 3.63) is 27.7 Å². The smallest absolute Gasteiger partial charge is 0.0839 e. The molecule has 0 bridgehead atoms. The van der Waals surface area contributed by atoms with E-state index in [-0.39, 0.29) is 0 Å². The first-order valence-electron chi connectivity index (χ1n) is 6.32. The molecule has 106 valence electrons. The molecule has 0 aliphatic carbocycles. The Morgan fingerprint density at radius 1 is 1.42 bits per heavy atom. The van der Waals surface area contributed by atoms with Crippen LogP contribution in [0, 0.1) is 0 Å². The van der Waals surface area contributed by atoms with E-state index < -0.39 is 6.10 Å². The van der Waals surface area contributed by atoms with Crippen LogP contribution < -0.4 is 5.32 Å². The SMILES string of the molecule is OC(CNc1ccc(Br)cc1Cl)CN1CCOCC1. The Bertz CT molecular complexity index is 414. The third-order valence-corrected chi connectivity index (χ3v) is 3.84. The van der Waals surface area contributed by atoms with Gasteiger partial charge in [0.15, 0.2) is 0 Å². The average molecular weight is 350 g/mol. The van der Waals surface area contributed by atoms with E-state index in [1.165, 1.54) is 0 Å². The maximum absolute atomic E-state index is 10.0. The molecule has 1 saturated heterocycles. The molecule has 1 heterocycles. The Balaban J connectivity index is 1.77. The molecular weight excluding hydrogens is 332 g/mol. The number of nitrogens with zero attached hydrogens (tertiary/aromatic N) is 1. The number of ether oxygens (including phenoxy) is 1. The van der Waals surface area contributed by atoms with Gasteiger partial charge in [0, 0.05) is 30.7 Å². The van der Waals surface area contributed by atoms with Gasteiger partial charge in [-0.25, -0.2) is 0 Å². The summed E-state index contributed by atoms with van der Waals surface area (Å²) in [6, 6.07) is 5.65. The van der Waals surface area contributed by atoms with Crippen molar-refractivity contribution in [3.63, 3.8) is 0 Å². The molecule has 1 unspecified atom stereocenters. The number of anilines is 1. The van der Waals surface area contributed by atoms with Crippen molar-refractivity contribution < 1.29 is 9.84 Å². The lowest BCUT2D eigenvalue weighted by atomic mass is 10.2. The van der Waals surface area contributed by atoms with Gasteiger partial charge >= 0.3 is 0 Å². The first-order valence-corrected chi connectivity index (χ1v) is 7.49. The molecule has 19 heavy (non-hydrogen) atoms. The number of hydrogen-bond acceptors (Lipinski definition) is 4. The lowest BCUT2D eigenvalue weighted by Gasteiger charge is -2.28. The number of benzene rings is 1. The van der Waals surface area contributed by atoms with Crippen molar-refractivity contribution >= 4 is 33.2 Å². The van der Waals surface area contributed by atoms with Gasteiger partial charge in [0.2, 0.25) is 0 Å². The van der Waals surface area contributed by atoms with Crippen molar-refractivity contribution in [2.45, 2.75) is 6.10 Å². The minimum atomic E-state index is -0.419. The lowest BCUT2D eigenvalue weighted by molar-refractivity contribution is 0.0171. The van der Waals surface area contributed by atoms with E-state index in [0.717, 1.165) is 36.5 Å². The summed E-state index contributed by atoms with van der Waals surface area (Å²) in [5.74, 6) is 0. The van der Waals surface area contributed by atoms with E-state index in [0.29, 0.717) is 18.1 Å². The number of nitrogens with one attached hydrogen (secondary N) is 1. The second-order valence-electron chi connectivity index (χ2n) is 4.57. The largest absolute Gasteiger partial charge is 0.390 e. The van der Waals surface area contributed by atoms with E-state index in [1.807, 2.05) is 18.2 Å². The van der Waals surface area contributed by atoms with Crippen LogP contribution in [-0.2, 0) is 4.74 Å². The molecule has 0 amide bonds. The van der Waals surface area contributed by atoms with E-state index in [9.17, 15) is 5.11 Å². The van der Waals surface area contributed by atoms with Gasteiger partial charge in [-0.3, -0.25) is 4.90 Å². The monoisotopic (exact) mass is 348 g/mol. The van der Waals surface area contributed by atoms with E-state index in [1.54, 1.807) is 0 Å². The molecule has 1 aromatic rings. The maximum atomic E-state index is 10.0. The third-order valence-electron chi connectivity index (χ3n) is 3.03. The van der Waals surface area contributed by atoms with Gasteiger partial charge in [0.05, 0.1) is 30.0 Å². The van der Waals surface area contributed by atoms with E-state index in [4.69, 9.17) is 16.3 Å². The number of aliphatic hydroxyl groups excluding tert-OH is 1. The first-order chi connectivity index (χ1) is 9.15. The molecule has 1 aromatic carbocycles. The van der Waals surface area contributed by atoms with Crippen molar-refractivity contribution in [2.24, 2.45) is 0 Å². The van der Waals surface area contributed by atoms with Crippen LogP contribution in [0.4, 0.5) is 5.69 Å². The molecule has 0 radical (unpaired) electrons. The van der Waals surface area contributed by atoms with Crippen molar-refractivity contribution in [3.8, 4) is 0 Å². The summed E-state index contributed by atoms with van der Waals surface area (Å²) in [5, 5.41) is 13.8. The fourth-order valence-corrected chi connectivity index (χ4v) is 2.75. The highest BCUT2D eigenvalue weighted by Gasteiger charge is 2.14. The van der Waals surface area contributed by atoms with Crippen molar-refractivity contribution in [1.29, 1.82) is 0 Å². The summed E-state index contributed by atoms with van der Waals surface area (Å²) in [4.78, 5) is 2.21. The molecule has 0 aromatic heterocycles. The Hall–Kier alpha value is -0.330. The predicted octanol–water partition coefficient (Wildman–Crippen LogP) is 2.21. The van der Waals surface area contributed by atoms with Crippen LogP contribution in [0.1, 0.15) is 0 Å². The van der Waals surface area contributed by atoms with Crippen LogP contribution in [-0.4, -0.2) is 55.5 Å². The second kappa shape index (κ2) is 7.45. The first kappa shape index (κ1) is 15.1. The highest BCUT2D eigenvalue weighted by molar-refractivity contribution is 9.10. The van der Waals surface area contributed by atoms with Crippen LogP contribution in [0.25, 0.3) is 0 Å². The van der Waals surface area contributed by atoms with Gasteiger partial charge in [-0.2, -0.15) is 0 Å². The molecule has 0 spiro atoms. The third kappa shape index (κ3) is 4.93. The minimum Gasteiger partial charge on any atom is -0.390 e. The predicted molar refractivity (Wildman–Crippen MR) is 80.9 cm³/mol. The normalized spacial score (nSPS) is 18.3. The zero-order valence-corrected chi connectivity index (χ0v) is 13.0. The number of rotatable bonds is 5. The minimum absolute atomic E-state index is 0.419. The number of morpholine rings is 1. The van der Waals surface area contributed by atoms with Crippen molar-refractivity contribution in [1.82, 2.24) is 4.90 Å². The zero-order chi connectivity index (χ0) is 13.7. The summed E-state index contributed by atoms with van der Waals surface area (Å²) >= 11 is 9.47. The Morgan fingerprint density at radius 2 is 2.16 bits per heavy atom. The molecule has 6 heteroatoms. The maximum Gasteiger partial charge on any atom is 0.0839 e. The van der Waals surface area contributed by atoms with Crippen LogP contribution in [0.2, 0.25) is 5.02 Å². The molecule has 1 atom stereocenters. The molecule has 0 saturated carbocycles. The average Bonchev–Trinajstić information content (AvgIpc) is 2.39. The van der Waals surface area contributed by atoms with Gasteiger partial charge in [0.25, 0.3) is 0 Å². The summed E-state index contributed by atoms with van der Waals surface area (Å²) in [5.41, 5.74) is 0.839. The van der Waals surface area contributed by atoms with Crippen LogP contribution in [0.5, 0.6) is 0 Å². The van der Waals surface area contributed by atoms with Crippen LogP contribution in [0.3, 0.4) is 0 Å². The Kier molecular flexibility index (Phi) is 5.91.